The predicted octanol–water partition coefficient (Wildman–Crippen LogP) is 3.02. The first kappa shape index (κ1) is 12.8. The Hall–Kier alpha value is -1.49. The van der Waals surface area contributed by atoms with E-state index in [2.05, 4.69) is 4.74 Å². The molecule has 1 aromatic carbocycles. The van der Waals surface area contributed by atoms with Crippen molar-refractivity contribution >= 4 is 39.3 Å². The van der Waals surface area contributed by atoms with E-state index in [0.717, 1.165) is 10.4 Å². The van der Waals surface area contributed by atoms with Gasteiger partial charge in [-0.2, -0.15) is 8.42 Å². The van der Waals surface area contributed by atoms with Crippen LogP contribution in [0.15, 0.2) is 35.6 Å². The second kappa shape index (κ2) is 8.94. The van der Waals surface area contributed by atoms with Crippen LogP contribution in [-0.2, 0) is 32.9 Å². The summed E-state index contributed by atoms with van der Waals surface area (Å²) < 4.78 is 89.7. The van der Waals surface area contributed by atoms with Crippen LogP contribution >= 0.6 is 22.9 Å². The summed E-state index contributed by atoms with van der Waals surface area (Å²) in [7, 11) is -7.66. The van der Waals surface area contributed by atoms with Crippen molar-refractivity contribution in [2.24, 2.45) is 0 Å². The third kappa shape index (κ3) is 5.76. The van der Waals surface area contributed by atoms with Gasteiger partial charge in [-0.25, -0.2) is 4.79 Å². The molecule has 2 N–H and O–H groups in total. The van der Waals surface area contributed by atoms with Crippen LogP contribution in [0.2, 0.25) is 5.02 Å². The molecule has 1 unspecified atom stereocenters. The average Bonchev–Trinajstić information content (AvgIpc) is 3.13. The monoisotopic (exact) mass is 426 g/mol. The summed E-state index contributed by atoms with van der Waals surface area (Å²) in [6, 6.07) is -1.53. The summed E-state index contributed by atoms with van der Waals surface area (Å²) >= 11 is 7.79. The van der Waals surface area contributed by atoms with Crippen molar-refractivity contribution in [2.75, 3.05) is 13.6 Å². The van der Waals surface area contributed by atoms with Crippen molar-refractivity contribution in [3.8, 4) is 0 Å². The molecule has 1 aliphatic rings. The van der Waals surface area contributed by atoms with Gasteiger partial charge in [0.1, 0.15) is 6.04 Å². The van der Waals surface area contributed by atoms with E-state index in [1.54, 1.807) is 16.2 Å². The molecular weight excluding hydrogens is 402 g/mol. The number of carbonyl (C=O) groups is 1. The number of halogens is 1. The van der Waals surface area contributed by atoms with E-state index in [9.17, 15) is 4.79 Å². The first-order chi connectivity index (χ1) is 15.0. The van der Waals surface area contributed by atoms with Crippen LogP contribution in [0.25, 0.3) is 0 Å². The number of hydrogen-bond donors (Lipinski definition) is 2. The Morgan fingerprint density at radius 3 is 2.85 bits per heavy atom. The summed E-state index contributed by atoms with van der Waals surface area (Å²) in [5.74, 6) is -1.13. The zero-order chi connectivity index (χ0) is 25.3. The Morgan fingerprint density at radius 2 is 2.15 bits per heavy atom. The van der Waals surface area contributed by atoms with Crippen molar-refractivity contribution in [2.45, 2.75) is 19.0 Å². The largest absolute Gasteiger partial charge is 0.468 e. The highest BCUT2D eigenvalue weighted by atomic mass is 35.5. The molecule has 7 nitrogen and oxygen atoms in total. The lowest BCUT2D eigenvalue weighted by atomic mass is 10.0. The molecule has 0 amide bonds. The molecule has 0 saturated heterocycles. The van der Waals surface area contributed by atoms with E-state index >= 15 is 0 Å². The number of hydrogen-bond acceptors (Lipinski definition) is 6. The van der Waals surface area contributed by atoms with Gasteiger partial charge in [0.05, 0.1) is 16.6 Å². The Kier molecular flexibility index (Phi) is 4.41. The Balaban J connectivity index is 0.000000696. The Morgan fingerprint density at radius 1 is 1.46 bits per heavy atom. The number of benzene rings is 1. The maximum Gasteiger partial charge on any atom is 0.394 e. The molecule has 1 aromatic heterocycles. The van der Waals surface area contributed by atoms with Crippen molar-refractivity contribution in [3.63, 3.8) is 0 Å². The Bertz CT molecular complexity index is 1120. The normalized spacial score (nSPS) is 19.7. The van der Waals surface area contributed by atoms with Crippen LogP contribution in [0.5, 0.6) is 0 Å². The second-order valence-corrected chi connectivity index (χ2v) is 7.36. The molecular formula is C16H18ClNO6S2. The lowest BCUT2D eigenvalue weighted by Gasteiger charge is -2.33. The van der Waals surface area contributed by atoms with Crippen molar-refractivity contribution in [1.82, 2.24) is 4.90 Å². The maximum atomic E-state index is 12.8. The van der Waals surface area contributed by atoms with Crippen molar-refractivity contribution in [3.05, 3.63) is 56.6 Å². The Labute approximate surface area is 170 Å². The topological polar surface area (TPSA) is 104 Å². The number of carbonyl (C=O) groups excluding carboxylic acids is 1. The summed E-state index contributed by atoms with van der Waals surface area (Å²) in [5, 5.41) is 1.60. The molecule has 0 bridgehead atoms. The number of fused-ring (bicyclic) bond motifs is 1. The smallest absolute Gasteiger partial charge is 0.394 e. The van der Waals surface area contributed by atoms with Crippen LogP contribution in [0.3, 0.4) is 0 Å². The molecule has 0 saturated carbocycles. The third-order valence-electron chi connectivity index (χ3n) is 3.47. The van der Waals surface area contributed by atoms with Crippen molar-refractivity contribution in [1.29, 1.82) is 0 Å². The van der Waals surface area contributed by atoms with Crippen LogP contribution < -0.4 is 0 Å². The molecule has 0 spiro atoms. The van der Waals surface area contributed by atoms with E-state index in [-0.39, 0.29) is 10.6 Å². The number of ether oxygens (including phenoxy) is 1. The molecule has 2 aromatic rings. The number of nitrogens with zero attached hydrogens (tertiary/aromatic N) is 1. The molecule has 10 heteroatoms. The van der Waals surface area contributed by atoms with E-state index < -0.39 is 53.6 Å². The van der Waals surface area contributed by atoms with Gasteiger partial charge in [-0.05, 0) is 35.0 Å². The fourth-order valence-electron chi connectivity index (χ4n) is 2.49. The standard InChI is InChI=1S/C16H16ClNO2S.H2O4S/c1-20-16(19)15(12-4-2-3-5-13(12)17)18-8-6-14-11(10-18)7-9-21-14;1-5(2,3)4/h2-5,7,9,15H,6,8,10H2,1H3;(H2,1,2,3,4)/i1D3,2D,3D,4D,5D;. The molecule has 0 fully saturated rings. The van der Waals surface area contributed by atoms with Crippen LogP contribution in [-0.4, -0.2) is 42.0 Å². The summed E-state index contributed by atoms with van der Waals surface area (Å²) in [4.78, 5) is 15.6. The average molecular weight is 427 g/mol. The molecule has 3 rings (SSSR count). The zero-order valence-electron chi connectivity index (χ0n) is 20.0. The number of rotatable bonds is 3. The summed E-state index contributed by atoms with van der Waals surface area (Å²) in [6.45, 7) is 0.687. The van der Waals surface area contributed by atoms with E-state index in [1.807, 2.05) is 11.4 Å². The predicted molar refractivity (Wildman–Crippen MR) is 98.8 cm³/mol. The van der Waals surface area contributed by atoms with Gasteiger partial charge < -0.3 is 4.74 Å². The van der Waals surface area contributed by atoms with Gasteiger partial charge in [-0.15, -0.1) is 11.3 Å². The third-order valence-corrected chi connectivity index (χ3v) is 4.79. The lowest BCUT2D eigenvalue weighted by Crippen LogP contribution is -2.38. The first-order valence-electron chi connectivity index (χ1n) is 10.5. The van der Waals surface area contributed by atoms with E-state index in [4.69, 9.17) is 38.7 Å². The highest BCUT2D eigenvalue weighted by Gasteiger charge is 2.32. The summed E-state index contributed by atoms with van der Waals surface area (Å²) in [6.07, 6.45) is 0.619. The van der Waals surface area contributed by atoms with Crippen LogP contribution in [0.1, 0.15) is 31.6 Å². The van der Waals surface area contributed by atoms with Crippen molar-refractivity contribution < 1.29 is 36.7 Å². The first-order valence-corrected chi connectivity index (χ1v) is 9.64. The van der Waals surface area contributed by atoms with Gasteiger partial charge in [0.15, 0.2) is 0 Å². The second-order valence-electron chi connectivity index (χ2n) is 5.09. The fraction of sp³-hybridized carbons (Fsp3) is 0.312. The molecule has 142 valence electrons. The van der Waals surface area contributed by atoms with E-state index in [0.29, 0.717) is 19.5 Å². The van der Waals surface area contributed by atoms with Gasteiger partial charge in [0.2, 0.25) is 0 Å². The van der Waals surface area contributed by atoms with Gasteiger partial charge in [0.25, 0.3) is 0 Å². The number of thiophene rings is 1. The molecule has 1 atom stereocenters. The lowest BCUT2D eigenvalue weighted by molar-refractivity contribution is -0.147. The van der Waals surface area contributed by atoms with Gasteiger partial charge in [-0.3, -0.25) is 14.0 Å². The minimum atomic E-state index is -4.67. The molecule has 0 radical (unpaired) electrons. The molecule has 26 heavy (non-hydrogen) atoms. The van der Waals surface area contributed by atoms with Gasteiger partial charge in [0, 0.05) is 23.0 Å². The zero-order valence-corrected chi connectivity index (χ0v) is 15.4. The molecule has 0 aliphatic carbocycles. The SMILES string of the molecule is O=S(=O)(O)O.[2H]c1c([2H])c([2H])c(C(C(=O)OC([2H])([2H])[2H])N2CCc3sccc3C2)c(Cl)c1[2H]. The number of esters is 1. The molecule has 1 aliphatic heterocycles. The van der Waals surface area contributed by atoms with Gasteiger partial charge in [-0.1, -0.05) is 29.7 Å². The quantitative estimate of drug-likeness (QED) is 0.574. The van der Waals surface area contributed by atoms with E-state index in [1.165, 1.54) is 0 Å². The minimum Gasteiger partial charge on any atom is -0.468 e. The van der Waals surface area contributed by atoms with Gasteiger partial charge >= 0.3 is 16.4 Å². The molecule has 2 heterocycles. The summed E-state index contributed by atoms with van der Waals surface area (Å²) in [5.41, 5.74) is 0.792. The maximum absolute atomic E-state index is 12.8. The fourth-order valence-corrected chi connectivity index (χ4v) is 3.58. The minimum absolute atomic E-state index is 0.180. The highest BCUT2D eigenvalue weighted by Crippen LogP contribution is 2.33. The highest BCUT2D eigenvalue weighted by molar-refractivity contribution is 7.79. The van der Waals surface area contributed by atoms with Crippen LogP contribution in [0.4, 0.5) is 0 Å². The van der Waals surface area contributed by atoms with Crippen LogP contribution in [0, 0.1) is 0 Å². The number of methoxy groups -OCH3 is 1.